The Labute approximate surface area is 110 Å². The Balaban J connectivity index is 2.50. The van der Waals surface area contributed by atoms with E-state index in [2.05, 4.69) is 5.32 Å². The molecule has 0 fully saturated rings. The first-order chi connectivity index (χ1) is 9.06. The van der Waals surface area contributed by atoms with Gasteiger partial charge in [0.15, 0.2) is 0 Å². The fourth-order valence-corrected chi connectivity index (χ4v) is 1.47. The molecule has 1 rings (SSSR count). The average molecular weight is 272 g/mol. The summed E-state index contributed by atoms with van der Waals surface area (Å²) in [7, 11) is 0. The highest BCUT2D eigenvalue weighted by molar-refractivity contribution is 5.90. The zero-order valence-corrected chi connectivity index (χ0v) is 10.4. The molecular formula is C12H17FN2O4. The quantitative estimate of drug-likeness (QED) is 0.414. The fourth-order valence-electron chi connectivity index (χ4n) is 1.47. The molecule has 5 N–H and O–H groups in total. The molecule has 0 aliphatic heterocycles. The number of carboxylic acids is 1. The number of halogens is 1. The number of anilines is 2. The minimum Gasteiger partial charge on any atom is -0.478 e. The number of carbonyl (C=O) groups is 1. The Morgan fingerprint density at radius 1 is 1.42 bits per heavy atom. The van der Waals surface area contributed by atoms with Crippen LogP contribution in [0, 0.1) is 5.82 Å². The number of nitrogen functional groups attached to an aromatic ring is 1. The van der Waals surface area contributed by atoms with Gasteiger partial charge in [-0.1, -0.05) is 0 Å². The van der Waals surface area contributed by atoms with Crippen molar-refractivity contribution < 1.29 is 24.1 Å². The Morgan fingerprint density at radius 3 is 2.79 bits per heavy atom. The maximum absolute atomic E-state index is 13.4. The van der Waals surface area contributed by atoms with Crippen molar-refractivity contribution in [3.8, 4) is 0 Å². The van der Waals surface area contributed by atoms with Gasteiger partial charge in [0.05, 0.1) is 30.2 Å². The average Bonchev–Trinajstić information content (AvgIpc) is 2.36. The van der Waals surface area contributed by atoms with E-state index in [1.54, 1.807) is 0 Å². The van der Waals surface area contributed by atoms with Crippen LogP contribution in [0.1, 0.15) is 16.8 Å². The monoisotopic (exact) mass is 272 g/mol. The van der Waals surface area contributed by atoms with Gasteiger partial charge < -0.3 is 26.0 Å². The number of rotatable bonds is 8. The van der Waals surface area contributed by atoms with E-state index in [0.717, 1.165) is 12.1 Å². The van der Waals surface area contributed by atoms with E-state index >= 15 is 0 Å². The van der Waals surface area contributed by atoms with E-state index in [9.17, 15) is 9.18 Å². The number of benzene rings is 1. The second-order valence-electron chi connectivity index (χ2n) is 3.84. The van der Waals surface area contributed by atoms with Gasteiger partial charge in [-0.15, -0.1) is 0 Å². The number of aromatic carboxylic acids is 1. The van der Waals surface area contributed by atoms with Crippen molar-refractivity contribution in [1.29, 1.82) is 0 Å². The van der Waals surface area contributed by atoms with Gasteiger partial charge in [-0.3, -0.25) is 0 Å². The molecule has 0 radical (unpaired) electrons. The molecule has 0 spiro atoms. The van der Waals surface area contributed by atoms with Crippen molar-refractivity contribution in [3.05, 3.63) is 23.5 Å². The number of nitrogens with two attached hydrogens (primary N) is 1. The number of aliphatic hydroxyl groups excluding tert-OH is 1. The summed E-state index contributed by atoms with van der Waals surface area (Å²) in [4.78, 5) is 10.7. The van der Waals surface area contributed by atoms with Crippen LogP contribution in [-0.2, 0) is 4.74 Å². The summed E-state index contributed by atoms with van der Waals surface area (Å²) in [6.45, 7) is 1.22. The second-order valence-corrected chi connectivity index (χ2v) is 3.84. The van der Waals surface area contributed by atoms with Crippen LogP contribution in [-0.4, -0.2) is 42.5 Å². The molecule has 1 aromatic carbocycles. The van der Waals surface area contributed by atoms with Crippen LogP contribution in [0.2, 0.25) is 0 Å². The molecule has 7 heteroatoms. The fraction of sp³-hybridized carbons (Fsp3) is 0.417. The van der Waals surface area contributed by atoms with Crippen LogP contribution in [0.15, 0.2) is 12.1 Å². The molecule has 0 aliphatic carbocycles. The maximum Gasteiger partial charge on any atom is 0.338 e. The van der Waals surface area contributed by atoms with Crippen molar-refractivity contribution in [2.24, 2.45) is 0 Å². The number of aliphatic hydroxyl groups is 1. The molecule has 0 saturated carbocycles. The molecule has 106 valence electrons. The van der Waals surface area contributed by atoms with Gasteiger partial charge in [0.2, 0.25) is 0 Å². The lowest BCUT2D eigenvalue weighted by atomic mass is 10.1. The zero-order valence-electron chi connectivity index (χ0n) is 10.4. The molecule has 0 amide bonds. The number of ether oxygens (including phenoxy) is 1. The Kier molecular flexibility index (Phi) is 6.04. The van der Waals surface area contributed by atoms with Gasteiger partial charge >= 0.3 is 5.97 Å². The Bertz CT molecular complexity index is 440. The van der Waals surface area contributed by atoms with E-state index in [1.807, 2.05) is 0 Å². The minimum absolute atomic E-state index is 0.0256. The lowest BCUT2D eigenvalue weighted by molar-refractivity contribution is 0.0692. The largest absolute Gasteiger partial charge is 0.478 e. The molecule has 0 aromatic heterocycles. The van der Waals surface area contributed by atoms with Gasteiger partial charge in [-0.25, -0.2) is 9.18 Å². The van der Waals surface area contributed by atoms with Crippen molar-refractivity contribution in [3.63, 3.8) is 0 Å². The van der Waals surface area contributed by atoms with Crippen molar-refractivity contribution >= 4 is 17.3 Å². The van der Waals surface area contributed by atoms with Crippen LogP contribution in [0.5, 0.6) is 0 Å². The molecule has 1 aromatic rings. The van der Waals surface area contributed by atoms with Crippen LogP contribution in [0.25, 0.3) is 0 Å². The normalized spacial score (nSPS) is 10.4. The number of hydrogen-bond donors (Lipinski definition) is 4. The third kappa shape index (κ3) is 4.72. The van der Waals surface area contributed by atoms with Gasteiger partial charge in [-0.05, 0) is 18.6 Å². The highest BCUT2D eigenvalue weighted by Crippen LogP contribution is 2.23. The molecule has 0 heterocycles. The lowest BCUT2D eigenvalue weighted by Gasteiger charge is -2.10. The summed E-state index contributed by atoms with van der Waals surface area (Å²) in [6, 6.07) is 2.15. The first kappa shape index (κ1) is 15.2. The van der Waals surface area contributed by atoms with E-state index in [4.69, 9.17) is 20.7 Å². The predicted octanol–water partition coefficient (Wildman–Crippen LogP) is 0.917. The van der Waals surface area contributed by atoms with Crippen molar-refractivity contribution in [2.45, 2.75) is 6.42 Å². The standard InChI is InChI=1S/C12H17FN2O4/c13-9-7-11(10(14)6-8(9)12(17)18)15-2-1-4-19-5-3-16/h6-7,15-16H,1-5,14H2,(H,17,18). The molecule has 0 bridgehead atoms. The van der Waals surface area contributed by atoms with Crippen LogP contribution in [0.3, 0.4) is 0 Å². The number of hydrogen-bond acceptors (Lipinski definition) is 5. The number of nitrogens with one attached hydrogen (secondary N) is 1. The van der Waals surface area contributed by atoms with Crippen LogP contribution in [0.4, 0.5) is 15.8 Å². The molecule has 0 saturated heterocycles. The maximum atomic E-state index is 13.4. The summed E-state index contributed by atoms with van der Waals surface area (Å²) in [5.74, 6) is -2.19. The van der Waals surface area contributed by atoms with Crippen LogP contribution >= 0.6 is 0 Å². The van der Waals surface area contributed by atoms with E-state index < -0.39 is 17.3 Å². The van der Waals surface area contributed by atoms with Crippen molar-refractivity contribution in [1.82, 2.24) is 0 Å². The predicted molar refractivity (Wildman–Crippen MR) is 68.8 cm³/mol. The first-order valence-electron chi connectivity index (χ1n) is 5.81. The zero-order chi connectivity index (χ0) is 14.3. The smallest absolute Gasteiger partial charge is 0.338 e. The third-order valence-corrected chi connectivity index (χ3v) is 2.39. The van der Waals surface area contributed by atoms with E-state index in [0.29, 0.717) is 25.3 Å². The summed E-state index contributed by atoms with van der Waals surface area (Å²) in [6.07, 6.45) is 0.655. The molecule has 0 atom stereocenters. The lowest BCUT2D eigenvalue weighted by Crippen LogP contribution is -2.10. The highest BCUT2D eigenvalue weighted by Gasteiger charge is 2.13. The Morgan fingerprint density at radius 2 is 2.16 bits per heavy atom. The summed E-state index contributed by atoms with van der Waals surface area (Å²) in [5.41, 5.74) is 5.71. The molecule has 19 heavy (non-hydrogen) atoms. The van der Waals surface area contributed by atoms with Gasteiger partial charge in [0.25, 0.3) is 0 Å². The molecule has 0 unspecified atom stereocenters. The second kappa shape index (κ2) is 7.55. The minimum atomic E-state index is -1.35. The molecular weight excluding hydrogens is 255 g/mol. The highest BCUT2D eigenvalue weighted by atomic mass is 19.1. The summed E-state index contributed by atoms with van der Waals surface area (Å²) in [5, 5.41) is 20.1. The summed E-state index contributed by atoms with van der Waals surface area (Å²) >= 11 is 0. The SMILES string of the molecule is Nc1cc(C(=O)O)c(F)cc1NCCCOCCO. The third-order valence-electron chi connectivity index (χ3n) is 2.39. The summed E-state index contributed by atoms with van der Waals surface area (Å²) < 4.78 is 18.5. The van der Waals surface area contributed by atoms with Gasteiger partial charge in [-0.2, -0.15) is 0 Å². The topological polar surface area (TPSA) is 105 Å². The van der Waals surface area contributed by atoms with E-state index in [1.165, 1.54) is 0 Å². The van der Waals surface area contributed by atoms with Crippen molar-refractivity contribution in [2.75, 3.05) is 37.4 Å². The number of carboxylic acid groups (broad SMARTS) is 1. The van der Waals surface area contributed by atoms with E-state index in [-0.39, 0.29) is 18.9 Å². The first-order valence-corrected chi connectivity index (χ1v) is 5.81. The Hall–Kier alpha value is -1.86. The molecule has 0 aliphatic rings. The van der Waals surface area contributed by atoms with Crippen LogP contribution < -0.4 is 11.1 Å². The van der Waals surface area contributed by atoms with Gasteiger partial charge in [0, 0.05) is 13.2 Å². The molecule has 6 nitrogen and oxygen atoms in total. The van der Waals surface area contributed by atoms with Gasteiger partial charge in [0.1, 0.15) is 5.82 Å².